The van der Waals surface area contributed by atoms with E-state index in [-0.39, 0.29) is 5.41 Å². The average Bonchev–Trinajstić information content (AvgIpc) is 1.79. The van der Waals surface area contributed by atoms with E-state index in [9.17, 15) is 4.21 Å². The first-order valence-electron chi connectivity index (χ1n) is 4.60. The predicted octanol–water partition coefficient (Wildman–Crippen LogP) is 2.09. The Bertz CT molecular complexity index is 290. The topological polar surface area (TPSA) is 44.2 Å². The van der Waals surface area contributed by atoms with Gasteiger partial charge in [0, 0.05) is 13.1 Å². The van der Waals surface area contributed by atoms with E-state index in [2.05, 4.69) is 13.8 Å². The van der Waals surface area contributed by atoms with Gasteiger partial charge in [0.05, 0.1) is 4.75 Å². The summed E-state index contributed by atoms with van der Waals surface area (Å²) in [6.07, 6.45) is 0. The summed E-state index contributed by atoms with van der Waals surface area (Å²) >= 11 is 0. The van der Waals surface area contributed by atoms with Crippen LogP contribution in [0.2, 0.25) is 0 Å². The van der Waals surface area contributed by atoms with Crippen LogP contribution in [-0.2, 0) is 9.92 Å². The third-order valence-corrected chi connectivity index (χ3v) is 5.05. The lowest BCUT2D eigenvalue weighted by molar-refractivity contribution is 0.113. The first-order valence-corrected chi connectivity index (χ1v) is 6.11. The van der Waals surface area contributed by atoms with Gasteiger partial charge in [-0.3, -0.25) is 0 Å². The van der Waals surface area contributed by atoms with Crippen LogP contribution in [0, 0.1) is 10.2 Å². The Morgan fingerprint density at radius 2 is 1.69 bits per heavy atom. The van der Waals surface area contributed by atoms with E-state index < -0.39 is 14.7 Å². The van der Waals surface area contributed by atoms with Crippen LogP contribution in [0.5, 0.6) is 0 Å². The maximum absolute atomic E-state index is 12.1. The van der Waals surface area contributed by atoms with Crippen molar-refractivity contribution in [1.29, 1.82) is 4.78 Å². The van der Waals surface area contributed by atoms with E-state index in [1.54, 1.807) is 4.31 Å². The van der Waals surface area contributed by atoms with E-state index in [1.807, 2.05) is 20.8 Å². The van der Waals surface area contributed by atoms with Gasteiger partial charge in [0.1, 0.15) is 9.92 Å². The van der Waals surface area contributed by atoms with Crippen molar-refractivity contribution in [2.24, 2.45) is 5.41 Å². The van der Waals surface area contributed by atoms with Gasteiger partial charge in [-0.15, -0.1) is 0 Å². The second-order valence-corrected chi connectivity index (χ2v) is 8.39. The zero-order valence-corrected chi connectivity index (χ0v) is 9.99. The Morgan fingerprint density at radius 1 is 1.31 bits per heavy atom. The lowest BCUT2D eigenvalue weighted by atomic mass is 9.87. The number of nitrogens with one attached hydrogen (secondary N) is 1. The molecule has 0 spiro atoms. The first kappa shape index (κ1) is 11.0. The molecule has 1 fully saturated rings. The minimum Gasteiger partial charge on any atom is -0.240 e. The summed E-state index contributed by atoms with van der Waals surface area (Å²) in [7, 11) is -2.58. The maximum atomic E-state index is 12.1. The summed E-state index contributed by atoms with van der Waals surface area (Å²) < 4.78 is 21.3. The third-order valence-electron chi connectivity index (χ3n) is 2.40. The second-order valence-electron chi connectivity index (χ2n) is 5.60. The van der Waals surface area contributed by atoms with Gasteiger partial charge in [0.15, 0.2) is 0 Å². The molecule has 78 valence electrons. The Kier molecular flexibility index (Phi) is 2.28. The molecule has 1 unspecified atom stereocenters. The number of rotatable bonds is 1. The molecule has 1 aliphatic rings. The largest absolute Gasteiger partial charge is 0.240 e. The summed E-state index contributed by atoms with van der Waals surface area (Å²) in [6.45, 7) is 11.5. The summed E-state index contributed by atoms with van der Waals surface area (Å²) in [5.41, 5.74) is 0.245. The van der Waals surface area contributed by atoms with Crippen LogP contribution in [0.25, 0.3) is 0 Å². The standard InChI is InChI=1S/C9H20N2OS/c1-8(2,3)13(10,12)11-6-9(4,5)7-11/h10H,6-7H2,1-5H3. The second kappa shape index (κ2) is 2.70. The van der Waals surface area contributed by atoms with E-state index >= 15 is 0 Å². The van der Waals surface area contributed by atoms with E-state index in [0.29, 0.717) is 0 Å². The number of nitrogens with zero attached hydrogens (tertiary/aromatic N) is 1. The highest BCUT2D eigenvalue weighted by molar-refractivity contribution is 7.91. The Hall–Kier alpha value is -0.0900. The molecule has 0 aromatic carbocycles. The van der Waals surface area contributed by atoms with Gasteiger partial charge in [-0.05, 0) is 26.2 Å². The molecule has 4 heteroatoms. The molecule has 0 aromatic rings. The molecular formula is C9H20N2OS. The van der Waals surface area contributed by atoms with Crippen molar-refractivity contribution in [1.82, 2.24) is 4.31 Å². The van der Waals surface area contributed by atoms with Crippen LogP contribution in [0.15, 0.2) is 0 Å². The van der Waals surface area contributed by atoms with Crippen LogP contribution in [0.4, 0.5) is 0 Å². The summed E-state index contributed by atoms with van der Waals surface area (Å²) in [5, 5.41) is 0. The zero-order chi connectivity index (χ0) is 10.5. The van der Waals surface area contributed by atoms with Crippen molar-refractivity contribution in [3.05, 3.63) is 0 Å². The fraction of sp³-hybridized carbons (Fsp3) is 1.00. The normalized spacial score (nSPS) is 27.8. The predicted molar refractivity (Wildman–Crippen MR) is 56.0 cm³/mol. The number of hydrogen-bond acceptors (Lipinski definition) is 2. The lowest BCUT2D eigenvalue weighted by Crippen LogP contribution is -2.58. The van der Waals surface area contributed by atoms with Crippen molar-refractivity contribution in [2.45, 2.75) is 39.4 Å². The lowest BCUT2D eigenvalue weighted by Gasteiger charge is -2.48. The van der Waals surface area contributed by atoms with Gasteiger partial charge in [-0.25, -0.2) is 13.3 Å². The molecule has 1 rings (SSSR count). The Balaban J connectivity index is 2.77. The molecule has 0 bridgehead atoms. The molecule has 1 saturated heterocycles. The van der Waals surface area contributed by atoms with Gasteiger partial charge in [0.25, 0.3) is 0 Å². The van der Waals surface area contributed by atoms with Gasteiger partial charge in [0.2, 0.25) is 0 Å². The average molecular weight is 204 g/mol. The first-order chi connectivity index (χ1) is 5.56. The highest BCUT2D eigenvalue weighted by atomic mass is 32.2. The van der Waals surface area contributed by atoms with Gasteiger partial charge >= 0.3 is 0 Å². The molecule has 1 N–H and O–H groups in total. The van der Waals surface area contributed by atoms with Crippen molar-refractivity contribution < 1.29 is 4.21 Å². The molecule has 0 radical (unpaired) electrons. The van der Waals surface area contributed by atoms with Crippen molar-refractivity contribution in [3.8, 4) is 0 Å². The zero-order valence-electron chi connectivity index (χ0n) is 9.18. The quantitative estimate of drug-likeness (QED) is 0.698. The van der Waals surface area contributed by atoms with Crippen LogP contribution in [0.3, 0.4) is 0 Å². The Morgan fingerprint density at radius 3 is 1.92 bits per heavy atom. The molecule has 13 heavy (non-hydrogen) atoms. The monoisotopic (exact) mass is 204 g/mol. The van der Waals surface area contributed by atoms with Crippen molar-refractivity contribution >= 4 is 9.92 Å². The molecule has 1 atom stereocenters. The maximum Gasteiger partial charge on any atom is 0.112 e. The van der Waals surface area contributed by atoms with Crippen molar-refractivity contribution in [2.75, 3.05) is 13.1 Å². The van der Waals surface area contributed by atoms with Gasteiger partial charge < -0.3 is 0 Å². The number of hydrogen-bond donors (Lipinski definition) is 1. The van der Waals surface area contributed by atoms with E-state index in [0.717, 1.165) is 13.1 Å². The van der Waals surface area contributed by atoms with E-state index in [4.69, 9.17) is 4.78 Å². The molecule has 3 nitrogen and oxygen atoms in total. The molecule has 0 aromatic heterocycles. The fourth-order valence-electron chi connectivity index (χ4n) is 1.48. The van der Waals surface area contributed by atoms with Crippen LogP contribution in [-0.4, -0.2) is 26.4 Å². The van der Waals surface area contributed by atoms with E-state index in [1.165, 1.54) is 0 Å². The minimum absolute atomic E-state index is 0.245. The minimum atomic E-state index is -2.58. The Labute approximate surface area is 81.6 Å². The fourth-order valence-corrected chi connectivity index (χ4v) is 3.31. The van der Waals surface area contributed by atoms with Crippen LogP contribution in [0.1, 0.15) is 34.6 Å². The molecule has 0 aliphatic carbocycles. The molecule has 0 amide bonds. The molecule has 0 saturated carbocycles. The summed E-state index contributed by atoms with van der Waals surface area (Å²) in [6, 6.07) is 0. The van der Waals surface area contributed by atoms with Crippen LogP contribution < -0.4 is 0 Å². The van der Waals surface area contributed by atoms with Gasteiger partial charge in [-0.1, -0.05) is 13.8 Å². The smallest absolute Gasteiger partial charge is 0.112 e. The summed E-state index contributed by atoms with van der Waals surface area (Å²) in [4.78, 5) is 0. The molecule has 1 aliphatic heterocycles. The SMILES string of the molecule is CC1(C)CN(S(=N)(=O)C(C)(C)C)C1. The van der Waals surface area contributed by atoms with Crippen molar-refractivity contribution in [3.63, 3.8) is 0 Å². The molecule has 1 heterocycles. The van der Waals surface area contributed by atoms with Crippen LogP contribution >= 0.6 is 0 Å². The highest BCUT2D eigenvalue weighted by Crippen LogP contribution is 2.35. The third kappa shape index (κ3) is 1.89. The molecular weight excluding hydrogens is 184 g/mol. The van der Waals surface area contributed by atoms with Gasteiger partial charge in [-0.2, -0.15) is 0 Å². The highest BCUT2D eigenvalue weighted by Gasteiger charge is 2.43. The summed E-state index contributed by atoms with van der Waals surface area (Å²) in [5.74, 6) is 0.